The van der Waals surface area contributed by atoms with Gasteiger partial charge in [-0.25, -0.2) is 4.98 Å². The van der Waals surface area contributed by atoms with Gasteiger partial charge in [0.15, 0.2) is 11.5 Å². The van der Waals surface area contributed by atoms with E-state index in [1.165, 1.54) is 17.7 Å². The Labute approximate surface area is 115 Å². The third kappa shape index (κ3) is 2.51. The third-order valence-corrected chi connectivity index (χ3v) is 3.10. The van der Waals surface area contributed by atoms with Crippen molar-refractivity contribution in [1.82, 2.24) is 4.98 Å². The van der Waals surface area contributed by atoms with Crippen LogP contribution >= 0.6 is 0 Å². The van der Waals surface area contributed by atoms with E-state index in [1.807, 2.05) is 30.3 Å². The van der Waals surface area contributed by atoms with E-state index in [-0.39, 0.29) is 5.69 Å². The van der Waals surface area contributed by atoms with E-state index < -0.39 is 4.92 Å². The normalized spacial score (nSPS) is 10.8. The number of oxazole rings is 1. The van der Waals surface area contributed by atoms with E-state index in [0.29, 0.717) is 23.4 Å². The van der Waals surface area contributed by atoms with Gasteiger partial charge in [0.2, 0.25) is 0 Å². The first kappa shape index (κ1) is 12.3. The van der Waals surface area contributed by atoms with Gasteiger partial charge in [-0.2, -0.15) is 0 Å². The molecule has 100 valence electrons. The van der Waals surface area contributed by atoms with Crippen LogP contribution in [0.4, 0.5) is 5.69 Å². The zero-order valence-electron chi connectivity index (χ0n) is 10.7. The molecule has 0 N–H and O–H groups in total. The van der Waals surface area contributed by atoms with Crippen molar-refractivity contribution >= 4 is 16.8 Å². The number of non-ortho nitro benzene ring substituents is 1. The molecule has 0 spiro atoms. The minimum Gasteiger partial charge on any atom is -0.441 e. The Morgan fingerprint density at radius 1 is 1.10 bits per heavy atom. The average molecular weight is 268 g/mol. The molecule has 0 saturated heterocycles. The van der Waals surface area contributed by atoms with Crippen LogP contribution in [-0.2, 0) is 12.8 Å². The van der Waals surface area contributed by atoms with Crippen LogP contribution in [0.1, 0.15) is 11.5 Å². The molecule has 3 aromatic rings. The second kappa shape index (κ2) is 5.13. The first-order valence-electron chi connectivity index (χ1n) is 6.30. The van der Waals surface area contributed by atoms with Crippen LogP contribution in [0.3, 0.4) is 0 Å². The van der Waals surface area contributed by atoms with Gasteiger partial charge in [0.1, 0.15) is 5.52 Å². The van der Waals surface area contributed by atoms with Crippen molar-refractivity contribution in [3.63, 3.8) is 0 Å². The summed E-state index contributed by atoms with van der Waals surface area (Å²) >= 11 is 0. The zero-order valence-corrected chi connectivity index (χ0v) is 10.7. The summed E-state index contributed by atoms with van der Waals surface area (Å²) in [4.78, 5) is 14.6. The van der Waals surface area contributed by atoms with E-state index in [4.69, 9.17) is 4.42 Å². The molecule has 0 amide bonds. The Hall–Kier alpha value is -2.69. The minimum atomic E-state index is -0.433. The number of nitrogens with zero attached hydrogens (tertiary/aromatic N) is 2. The summed E-state index contributed by atoms with van der Waals surface area (Å²) in [5.41, 5.74) is 2.35. The van der Waals surface area contributed by atoms with Gasteiger partial charge >= 0.3 is 0 Å². The second-order valence-corrected chi connectivity index (χ2v) is 4.50. The van der Waals surface area contributed by atoms with Crippen LogP contribution in [0.5, 0.6) is 0 Å². The maximum Gasteiger partial charge on any atom is 0.271 e. The SMILES string of the molecule is O=[N+]([O-])c1ccc2oc(CCc3ccccc3)nc2c1. The smallest absolute Gasteiger partial charge is 0.271 e. The number of nitro groups is 1. The van der Waals surface area contributed by atoms with Crippen molar-refractivity contribution in [3.8, 4) is 0 Å². The number of fused-ring (bicyclic) bond motifs is 1. The maximum absolute atomic E-state index is 10.7. The fraction of sp³-hybridized carbons (Fsp3) is 0.133. The van der Waals surface area contributed by atoms with E-state index in [0.717, 1.165) is 6.42 Å². The largest absolute Gasteiger partial charge is 0.441 e. The molecule has 0 fully saturated rings. The molecule has 2 aromatic carbocycles. The summed E-state index contributed by atoms with van der Waals surface area (Å²) < 4.78 is 5.59. The lowest BCUT2D eigenvalue weighted by Gasteiger charge is -1.96. The molecule has 0 aliphatic carbocycles. The highest BCUT2D eigenvalue weighted by atomic mass is 16.6. The summed E-state index contributed by atoms with van der Waals surface area (Å²) in [7, 11) is 0. The molecular formula is C15H12N2O3. The van der Waals surface area contributed by atoms with E-state index >= 15 is 0 Å². The van der Waals surface area contributed by atoms with Crippen molar-refractivity contribution in [2.75, 3.05) is 0 Å². The van der Waals surface area contributed by atoms with Gasteiger partial charge in [-0.1, -0.05) is 30.3 Å². The van der Waals surface area contributed by atoms with Gasteiger partial charge in [0, 0.05) is 18.6 Å². The van der Waals surface area contributed by atoms with Gasteiger partial charge in [0.05, 0.1) is 4.92 Å². The molecule has 20 heavy (non-hydrogen) atoms. The summed E-state index contributed by atoms with van der Waals surface area (Å²) in [5.74, 6) is 0.601. The fourth-order valence-corrected chi connectivity index (χ4v) is 2.08. The quantitative estimate of drug-likeness (QED) is 0.536. The van der Waals surface area contributed by atoms with Crippen molar-refractivity contribution in [2.24, 2.45) is 0 Å². The lowest BCUT2D eigenvalue weighted by molar-refractivity contribution is -0.384. The van der Waals surface area contributed by atoms with Crippen LogP contribution in [0.15, 0.2) is 52.9 Å². The van der Waals surface area contributed by atoms with Crippen LogP contribution in [0.25, 0.3) is 11.1 Å². The van der Waals surface area contributed by atoms with Gasteiger partial charge in [-0.15, -0.1) is 0 Å². The summed E-state index contributed by atoms with van der Waals surface area (Å²) in [6.07, 6.45) is 1.50. The number of hydrogen-bond donors (Lipinski definition) is 0. The Morgan fingerprint density at radius 3 is 2.65 bits per heavy atom. The van der Waals surface area contributed by atoms with Crippen LogP contribution < -0.4 is 0 Å². The van der Waals surface area contributed by atoms with Crippen molar-refractivity contribution in [2.45, 2.75) is 12.8 Å². The Morgan fingerprint density at radius 2 is 1.90 bits per heavy atom. The predicted octanol–water partition coefficient (Wildman–Crippen LogP) is 3.52. The number of aromatic nitrogens is 1. The molecule has 1 heterocycles. The summed E-state index contributed by atoms with van der Waals surface area (Å²) in [5, 5.41) is 10.7. The lowest BCUT2D eigenvalue weighted by Crippen LogP contribution is -1.90. The number of hydrogen-bond acceptors (Lipinski definition) is 4. The van der Waals surface area contributed by atoms with Crippen LogP contribution in [-0.4, -0.2) is 9.91 Å². The molecule has 0 bridgehead atoms. The number of nitro benzene ring substituents is 1. The highest BCUT2D eigenvalue weighted by Gasteiger charge is 2.11. The monoisotopic (exact) mass is 268 g/mol. The summed E-state index contributed by atoms with van der Waals surface area (Å²) in [6, 6.07) is 14.5. The zero-order chi connectivity index (χ0) is 13.9. The molecule has 0 radical (unpaired) electrons. The molecule has 0 aliphatic heterocycles. The number of benzene rings is 2. The van der Waals surface area contributed by atoms with E-state index in [2.05, 4.69) is 4.98 Å². The molecule has 0 aliphatic rings. The highest BCUT2D eigenvalue weighted by Crippen LogP contribution is 2.22. The highest BCUT2D eigenvalue weighted by molar-refractivity contribution is 5.75. The fourth-order valence-electron chi connectivity index (χ4n) is 2.08. The number of rotatable bonds is 4. The van der Waals surface area contributed by atoms with E-state index in [9.17, 15) is 10.1 Å². The topological polar surface area (TPSA) is 69.2 Å². The average Bonchev–Trinajstić information content (AvgIpc) is 2.88. The Balaban J connectivity index is 1.80. The first-order valence-corrected chi connectivity index (χ1v) is 6.30. The minimum absolute atomic E-state index is 0.0282. The predicted molar refractivity (Wildman–Crippen MR) is 74.5 cm³/mol. The molecule has 0 saturated carbocycles. The molecule has 0 atom stereocenters. The van der Waals surface area contributed by atoms with Gasteiger partial charge in [-0.3, -0.25) is 10.1 Å². The maximum atomic E-state index is 10.7. The molecule has 3 rings (SSSR count). The van der Waals surface area contributed by atoms with Gasteiger partial charge < -0.3 is 4.42 Å². The molecular weight excluding hydrogens is 256 g/mol. The molecule has 1 aromatic heterocycles. The molecule has 5 heteroatoms. The Kier molecular flexibility index (Phi) is 3.16. The van der Waals surface area contributed by atoms with Gasteiger partial charge in [-0.05, 0) is 18.1 Å². The molecule has 0 unspecified atom stereocenters. The first-order chi connectivity index (χ1) is 9.72. The Bertz CT molecular complexity index is 750. The number of aryl methyl sites for hydroxylation is 2. The van der Waals surface area contributed by atoms with E-state index in [1.54, 1.807) is 6.07 Å². The van der Waals surface area contributed by atoms with Crippen molar-refractivity contribution in [3.05, 3.63) is 70.1 Å². The van der Waals surface area contributed by atoms with Crippen LogP contribution in [0, 0.1) is 10.1 Å². The van der Waals surface area contributed by atoms with Crippen molar-refractivity contribution in [1.29, 1.82) is 0 Å². The molecule has 5 nitrogen and oxygen atoms in total. The standard InChI is InChI=1S/C15H12N2O3/c18-17(19)12-7-8-14-13(10-12)16-15(20-14)9-6-11-4-2-1-3-5-11/h1-5,7-8,10H,6,9H2. The lowest BCUT2D eigenvalue weighted by atomic mass is 10.1. The summed E-state index contributed by atoms with van der Waals surface area (Å²) in [6.45, 7) is 0. The third-order valence-electron chi connectivity index (χ3n) is 3.10. The second-order valence-electron chi connectivity index (χ2n) is 4.50. The van der Waals surface area contributed by atoms with Crippen LogP contribution in [0.2, 0.25) is 0 Å². The van der Waals surface area contributed by atoms with Gasteiger partial charge in [0.25, 0.3) is 5.69 Å². The van der Waals surface area contributed by atoms with Crippen molar-refractivity contribution < 1.29 is 9.34 Å².